The SMILES string of the molecule is COCCNS(=O)(=O)c1cc(F)c2c(c1)CC(CN)O2. The highest BCUT2D eigenvalue weighted by Gasteiger charge is 2.28. The summed E-state index contributed by atoms with van der Waals surface area (Å²) in [6, 6.07) is 2.37. The topological polar surface area (TPSA) is 90.7 Å². The molecule has 0 spiro atoms. The standard InChI is InChI=1S/C12H17FN2O4S/c1-18-3-2-15-20(16,17)10-5-8-4-9(7-14)19-12(8)11(13)6-10/h5-6,9,15H,2-4,7,14H2,1H3. The number of benzene rings is 1. The highest BCUT2D eigenvalue weighted by Crippen LogP contribution is 2.33. The lowest BCUT2D eigenvalue weighted by atomic mass is 10.1. The molecule has 0 saturated carbocycles. The van der Waals surface area contributed by atoms with Crippen molar-refractivity contribution < 1.29 is 22.3 Å². The molecule has 112 valence electrons. The number of nitrogens with one attached hydrogen (secondary N) is 1. The van der Waals surface area contributed by atoms with E-state index in [0.717, 1.165) is 6.07 Å². The molecule has 0 fully saturated rings. The number of fused-ring (bicyclic) bond motifs is 1. The predicted molar refractivity (Wildman–Crippen MR) is 70.6 cm³/mol. The molecule has 6 nitrogen and oxygen atoms in total. The fourth-order valence-electron chi connectivity index (χ4n) is 2.01. The normalized spacial score (nSPS) is 17.9. The first kappa shape index (κ1) is 15.2. The van der Waals surface area contributed by atoms with E-state index in [-0.39, 0.29) is 36.4 Å². The Kier molecular flexibility index (Phi) is 4.59. The van der Waals surface area contributed by atoms with E-state index in [1.54, 1.807) is 0 Å². The molecule has 1 aliphatic heterocycles. The number of hydrogen-bond acceptors (Lipinski definition) is 5. The van der Waals surface area contributed by atoms with Gasteiger partial charge in [-0.2, -0.15) is 0 Å². The van der Waals surface area contributed by atoms with E-state index < -0.39 is 15.8 Å². The largest absolute Gasteiger partial charge is 0.485 e. The van der Waals surface area contributed by atoms with Crippen molar-refractivity contribution >= 4 is 10.0 Å². The van der Waals surface area contributed by atoms with Gasteiger partial charge in [-0.1, -0.05) is 0 Å². The first-order valence-electron chi connectivity index (χ1n) is 6.15. The minimum Gasteiger partial charge on any atom is -0.485 e. The molecule has 20 heavy (non-hydrogen) atoms. The average Bonchev–Trinajstić information content (AvgIpc) is 2.82. The summed E-state index contributed by atoms with van der Waals surface area (Å²) in [5, 5.41) is 0. The molecular formula is C12H17FN2O4S. The zero-order chi connectivity index (χ0) is 14.8. The maximum Gasteiger partial charge on any atom is 0.240 e. The minimum atomic E-state index is -3.76. The van der Waals surface area contributed by atoms with Gasteiger partial charge in [0.2, 0.25) is 10.0 Å². The van der Waals surface area contributed by atoms with Gasteiger partial charge in [0, 0.05) is 32.2 Å². The van der Waals surface area contributed by atoms with Gasteiger partial charge in [0.15, 0.2) is 11.6 Å². The summed E-state index contributed by atoms with van der Waals surface area (Å²) in [6.45, 7) is 0.618. The van der Waals surface area contributed by atoms with Crippen molar-refractivity contribution in [3.05, 3.63) is 23.5 Å². The van der Waals surface area contributed by atoms with Gasteiger partial charge in [-0.05, 0) is 12.1 Å². The third-order valence-corrected chi connectivity index (χ3v) is 4.44. The van der Waals surface area contributed by atoms with E-state index in [1.165, 1.54) is 13.2 Å². The van der Waals surface area contributed by atoms with Crippen molar-refractivity contribution in [2.24, 2.45) is 5.73 Å². The molecule has 1 aromatic carbocycles. The van der Waals surface area contributed by atoms with Gasteiger partial charge >= 0.3 is 0 Å². The molecule has 1 aliphatic rings. The number of halogens is 1. The maximum absolute atomic E-state index is 13.9. The van der Waals surface area contributed by atoms with Crippen LogP contribution in [0.4, 0.5) is 4.39 Å². The van der Waals surface area contributed by atoms with E-state index in [9.17, 15) is 12.8 Å². The summed E-state index contributed by atoms with van der Waals surface area (Å²) < 4.78 is 50.3. The average molecular weight is 304 g/mol. The van der Waals surface area contributed by atoms with Crippen LogP contribution >= 0.6 is 0 Å². The van der Waals surface area contributed by atoms with Gasteiger partial charge in [-0.25, -0.2) is 17.5 Å². The quantitative estimate of drug-likeness (QED) is 0.723. The van der Waals surface area contributed by atoms with Gasteiger partial charge in [0.1, 0.15) is 6.10 Å². The number of rotatable bonds is 6. The first-order valence-corrected chi connectivity index (χ1v) is 7.64. The van der Waals surface area contributed by atoms with Crippen molar-refractivity contribution in [3.8, 4) is 5.75 Å². The number of hydrogen-bond donors (Lipinski definition) is 2. The van der Waals surface area contributed by atoms with Crippen molar-refractivity contribution in [2.45, 2.75) is 17.4 Å². The Morgan fingerprint density at radius 3 is 2.95 bits per heavy atom. The summed E-state index contributed by atoms with van der Waals surface area (Å²) in [4.78, 5) is -0.119. The van der Waals surface area contributed by atoms with Crippen LogP contribution < -0.4 is 15.2 Å². The lowest BCUT2D eigenvalue weighted by Gasteiger charge is -2.09. The molecule has 0 aromatic heterocycles. The third-order valence-electron chi connectivity index (χ3n) is 3.00. The summed E-state index contributed by atoms with van der Waals surface area (Å²) >= 11 is 0. The fraction of sp³-hybridized carbons (Fsp3) is 0.500. The highest BCUT2D eigenvalue weighted by molar-refractivity contribution is 7.89. The van der Waals surface area contributed by atoms with Crippen molar-refractivity contribution in [1.29, 1.82) is 0 Å². The Bertz CT molecular complexity index is 591. The van der Waals surface area contributed by atoms with Crippen LogP contribution in [0.15, 0.2) is 17.0 Å². The van der Waals surface area contributed by atoms with E-state index in [0.29, 0.717) is 12.0 Å². The molecule has 0 amide bonds. The Balaban J connectivity index is 2.25. The Labute approximate surface area is 117 Å². The van der Waals surface area contributed by atoms with E-state index in [2.05, 4.69) is 4.72 Å². The molecule has 1 atom stereocenters. The smallest absolute Gasteiger partial charge is 0.240 e. The number of methoxy groups -OCH3 is 1. The van der Waals surface area contributed by atoms with Gasteiger partial charge in [0.25, 0.3) is 0 Å². The zero-order valence-electron chi connectivity index (χ0n) is 11.1. The van der Waals surface area contributed by atoms with Crippen LogP contribution in [0.25, 0.3) is 0 Å². The van der Waals surface area contributed by atoms with Gasteiger partial charge in [0.05, 0.1) is 11.5 Å². The highest BCUT2D eigenvalue weighted by atomic mass is 32.2. The monoisotopic (exact) mass is 304 g/mol. The van der Waals surface area contributed by atoms with Crippen molar-refractivity contribution in [2.75, 3.05) is 26.8 Å². The first-order chi connectivity index (χ1) is 9.47. The molecule has 8 heteroatoms. The second kappa shape index (κ2) is 6.04. The fourth-order valence-corrected chi connectivity index (χ4v) is 3.08. The van der Waals surface area contributed by atoms with Crippen LogP contribution in [0.5, 0.6) is 5.75 Å². The molecule has 0 saturated heterocycles. The molecule has 1 heterocycles. The lowest BCUT2D eigenvalue weighted by molar-refractivity contribution is 0.204. The predicted octanol–water partition coefficient (Wildman–Crippen LogP) is 0.0126. The van der Waals surface area contributed by atoms with Crippen LogP contribution in [0.1, 0.15) is 5.56 Å². The van der Waals surface area contributed by atoms with Gasteiger partial charge < -0.3 is 15.2 Å². The lowest BCUT2D eigenvalue weighted by Crippen LogP contribution is -2.27. The number of sulfonamides is 1. The summed E-state index contributed by atoms with van der Waals surface area (Å²) in [7, 11) is -2.29. The second-order valence-electron chi connectivity index (χ2n) is 4.46. The van der Waals surface area contributed by atoms with Crippen molar-refractivity contribution in [1.82, 2.24) is 4.72 Å². The molecule has 0 bridgehead atoms. The number of ether oxygens (including phenoxy) is 2. The van der Waals surface area contributed by atoms with E-state index in [4.69, 9.17) is 15.2 Å². The van der Waals surface area contributed by atoms with Crippen LogP contribution in [-0.4, -0.2) is 41.3 Å². The van der Waals surface area contributed by atoms with E-state index >= 15 is 0 Å². The van der Waals surface area contributed by atoms with Crippen molar-refractivity contribution in [3.63, 3.8) is 0 Å². The zero-order valence-corrected chi connectivity index (χ0v) is 11.9. The Morgan fingerprint density at radius 2 is 2.30 bits per heavy atom. The van der Waals surface area contributed by atoms with Gasteiger partial charge in [-0.15, -0.1) is 0 Å². The molecule has 3 N–H and O–H groups in total. The van der Waals surface area contributed by atoms with Crippen LogP contribution in [-0.2, 0) is 21.2 Å². The Hall–Kier alpha value is -1.22. The summed E-state index contributed by atoms with van der Waals surface area (Å²) in [5.74, 6) is -0.596. The summed E-state index contributed by atoms with van der Waals surface area (Å²) in [6.07, 6.45) is 0.100. The van der Waals surface area contributed by atoms with Crippen LogP contribution in [0.3, 0.4) is 0 Å². The van der Waals surface area contributed by atoms with Crippen LogP contribution in [0.2, 0.25) is 0 Å². The molecule has 2 rings (SSSR count). The summed E-state index contributed by atoms with van der Waals surface area (Å²) in [5.41, 5.74) is 6.00. The van der Waals surface area contributed by atoms with Gasteiger partial charge in [-0.3, -0.25) is 0 Å². The third kappa shape index (κ3) is 3.09. The minimum absolute atomic E-state index is 0.0938. The van der Waals surface area contributed by atoms with Crippen LogP contribution in [0, 0.1) is 5.82 Å². The molecular weight excluding hydrogens is 287 g/mol. The molecule has 1 unspecified atom stereocenters. The molecule has 0 radical (unpaired) electrons. The Morgan fingerprint density at radius 1 is 1.55 bits per heavy atom. The molecule has 0 aliphatic carbocycles. The maximum atomic E-state index is 13.9. The molecule has 1 aromatic rings. The second-order valence-corrected chi connectivity index (χ2v) is 6.23. The van der Waals surface area contributed by atoms with E-state index in [1.807, 2.05) is 0 Å². The number of nitrogens with two attached hydrogens (primary N) is 1.